The van der Waals surface area contributed by atoms with Crippen LogP contribution in [0.2, 0.25) is 0 Å². The van der Waals surface area contributed by atoms with Gasteiger partial charge in [0.25, 0.3) is 0 Å². The molecule has 0 spiro atoms. The van der Waals surface area contributed by atoms with Crippen molar-refractivity contribution in [3.05, 3.63) is 125 Å². The minimum atomic E-state index is 0.936. The van der Waals surface area contributed by atoms with Crippen LogP contribution in [-0.2, 0) is 0 Å². The normalized spacial score (nSPS) is 16.2. The van der Waals surface area contributed by atoms with Gasteiger partial charge in [0.05, 0.1) is 0 Å². The van der Waals surface area contributed by atoms with Gasteiger partial charge in [-0.1, -0.05) is 72.8 Å². The Hall–Kier alpha value is -3.75. The molecule has 0 unspecified atom stereocenters. The van der Waals surface area contributed by atoms with E-state index in [4.69, 9.17) is 4.74 Å². The molecule has 0 radical (unpaired) electrons. The van der Waals surface area contributed by atoms with Gasteiger partial charge in [-0.05, 0) is 88.7 Å². The molecule has 0 saturated carbocycles. The van der Waals surface area contributed by atoms with Crippen LogP contribution in [0.15, 0.2) is 102 Å². The highest BCUT2D eigenvalue weighted by molar-refractivity contribution is 7.99. The Labute approximate surface area is 216 Å². The van der Waals surface area contributed by atoms with Gasteiger partial charge < -0.3 is 4.74 Å². The van der Waals surface area contributed by atoms with Gasteiger partial charge in [0.1, 0.15) is 11.5 Å². The van der Waals surface area contributed by atoms with Crippen molar-refractivity contribution >= 4 is 33.7 Å². The molecule has 174 valence electrons. The van der Waals surface area contributed by atoms with Crippen LogP contribution in [-0.4, -0.2) is 5.75 Å². The topological polar surface area (TPSA) is 9.23 Å². The third-order valence-corrected chi connectivity index (χ3v) is 8.56. The van der Waals surface area contributed by atoms with E-state index in [1.807, 2.05) is 11.8 Å². The van der Waals surface area contributed by atoms with E-state index in [0.717, 1.165) is 23.7 Å². The number of benzene rings is 5. The van der Waals surface area contributed by atoms with Crippen LogP contribution in [0.25, 0.3) is 33.0 Å². The number of aryl methyl sites for hydroxylation is 2. The average molecular weight is 483 g/mol. The van der Waals surface area contributed by atoms with Crippen LogP contribution in [0, 0.1) is 13.8 Å². The molecule has 0 N–H and O–H groups in total. The summed E-state index contributed by atoms with van der Waals surface area (Å²) in [6, 6.07) is 35.2. The molecular formula is C34H26OS. The van der Waals surface area contributed by atoms with Crippen molar-refractivity contribution < 1.29 is 4.74 Å². The average Bonchev–Trinajstić information content (AvgIpc) is 2.91. The van der Waals surface area contributed by atoms with Gasteiger partial charge in [-0.2, -0.15) is 0 Å². The maximum atomic E-state index is 6.49. The number of rotatable bonds is 1. The molecule has 2 aliphatic heterocycles. The van der Waals surface area contributed by atoms with Gasteiger partial charge in [0, 0.05) is 27.3 Å². The van der Waals surface area contributed by atoms with Crippen molar-refractivity contribution in [2.24, 2.45) is 0 Å². The maximum absolute atomic E-state index is 6.49. The molecule has 0 aliphatic carbocycles. The van der Waals surface area contributed by atoms with E-state index in [0.29, 0.717) is 0 Å². The van der Waals surface area contributed by atoms with Gasteiger partial charge in [-0.15, -0.1) is 11.8 Å². The lowest BCUT2D eigenvalue weighted by atomic mass is 9.83. The molecule has 36 heavy (non-hydrogen) atoms. The summed E-state index contributed by atoms with van der Waals surface area (Å²) in [7, 11) is 0. The molecule has 0 aromatic heterocycles. The molecule has 1 nitrogen and oxygen atoms in total. The number of allylic oxidation sites excluding steroid dienone is 1. The highest BCUT2D eigenvalue weighted by Gasteiger charge is 2.29. The quantitative estimate of drug-likeness (QED) is 0.231. The van der Waals surface area contributed by atoms with Crippen molar-refractivity contribution in [2.45, 2.75) is 25.2 Å². The molecule has 2 heterocycles. The molecule has 0 bridgehead atoms. The summed E-state index contributed by atoms with van der Waals surface area (Å²) >= 11 is 1.97. The Morgan fingerprint density at radius 3 is 2.33 bits per heavy atom. The molecule has 5 aromatic rings. The second-order valence-electron chi connectivity index (χ2n) is 9.69. The Kier molecular flexibility index (Phi) is 5.04. The molecule has 7 rings (SSSR count). The van der Waals surface area contributed by atoms with Gasteiger partial charge in [0.2, 0.25) is 0 Å². The van der Waals surface area contributed by atoms with Crippen LogP contribution in [0.5, 0.6) is 11.5 Å². The number of fused-ring (bicyclic) bond motifs is 5. The highest BCUT2D eigenvalue weighted by atomic mass is 32.2. The maximum Gasteiger partial charge on any atom is 0.135 e. The van der Waals surface area contributed by atoms with E-state index < -0.39 is 0 Å². The van der Waals surface area contributed by atoms with Crippen LogP contribution >= 0.6 is 11.8 Å². The fourth-order valence-electron chi connectivity index (χ4n) is 5.91. The molecule has 2 aliphatic rings. The largest absolute Gasteiger partial charge is 0.456 e. The Morgan fingerprint density at radius 2 is 1.44 bits per heavy atom. The minimum Gasteiger partial charge on any atom is -0.456 e. The van der Waals surface area contributed by atoms with Crippen molar-refractivity contribution in [2.75, 3.05) is 5.75 Å². The third kappa shape index (κ3) is 3.32. The van der Waals surface area contributed by atoms with E-state index in [2.05, 4.69) is 111 Å². The zero-order chi connectivity index (χ0) is 24.2. The number of ether oxygens (including phenoxy) is 1. The summed E-state index contributed by atoms with van der Waals surface area (Å²) in [5.74, 6) is 2.96. The fourth-order valence-corrected chi connectivity index (χ4v) is 6.98. The molecular weight excluding hydrogens is 456 g/mol. The SMILES string of the molecule is Cc1cccc(C)c1-c1ccc2c(c1)/C(=C1/CCSc3ccc4ccccc4c31)c1ccccc1O2. The summed E-state index contributed by atoms with van der Waals surface area (Å²) in [5, 5.41) is 2.63. The smallest absolute Gasteiger partial charge is 0.135 e. The fraction of sp³-hybridized carbons (Fsp3) is 0.118. The van der Waals surface area contributed by atoms with Crippen molar-refractivity contribution in [1.29, 1.82) is 0 Å². The third-order valence-electron chi connectivity index (χ3n) is 7.50. The first-order chi connectivity index (χ1) is 17.7. The summed E-state index contributed by atoms with van der Waals surface area (Å²) in [5.41, 5.74) is 11.7. The number of para-hydroxylation sites is 1. The summed E-state index contributed by atoms with van der Waals surface area (Å²) in [6.07, 6.45) is 1.03. The van der Waals surface area contributed by atoms with Gasteiger partial charge in [-0.3, -0.25) is 0 Å². The Bertz CT molecular complexity index is 1690. The predicted octanol–water partition coefficient (Wildman–Crippen LogP) is 9.68. The van der Waals surface area contributed by atoms with Crippen molar-refractivity contribution in [3.8, 4) is 22.6 Å². The van der Waals surface area contributed by atoms with Crippen LogP contribution in [0.4, 0.5) is 0 Å². The second-order valence-corrected chi connectivity index (χ2v) is 10.8. The predicted molar refractivity (Wildman–Crippen MR) is 153 cm³/mol. The minimum absolute atomic E-state index is 0.936. The molecule has 2 heteroatoms. The molecule has 0 atom stereocenters. The van der Waals surface area contributed by atoms with Crippen LogP contribution in [0.1, 0.15) is 34.2 Å². The van der Waals surface area contributed by atoms with E-state index in [1.54, 1.807) is 0 Å². The summed E-state index contributed by atoms with van der Waals surface area (Å²) in [4.78, 5) is 1.37. The highest BCUT2D eigenvalue weighted by Crippen LogP contribution is 2.52. The number of hydrogen-bond donors (Lipinski definition) is 0. The molecule has 5 aromatic carbocycles. The number of thioether (sulfide) groups is 1. The summed E-state index contributed by atoms with van der Waals surface area (Å²) in [6.45, 7) is 4.40. The lowest BCUT2D eigenvalue weighted by molar-refractivity contribution is 0.474. The molecule has 0 saturated heterocycles. The standard InChI is InChI=1S/C34H26OS/c1-21-8-7-9-22(2)32(21)24-14-16-30-28(20-24)33(26-12-5-6-13-29(26)35-30)27-18-19-36-31-17-15-23-10-3-4-11-25(23)34(27)31/h3-17,20H,18-19H2,1-2H3/b33-27-. The van der Waals surface area contributed by atoms with Crippen LogP contribution in [0.3, 0.4) is 0 Å². The van der Waals surface area contributed by atoms with Gasteiger partial charge >= 0.3 is 0 Å². The van der Waals surface area contributed by atoms with E-state index in [9.17, 15) is 0 Å². The van der Waals surface area contributed by atoms with Gasteiger partial charge in [0.15, 0.2) is 0 Å². The number of hydrogen-bond acceptors (Lipinski definition) is 2. The van der Waals surface area contributed by atoms with Crippen LogP contribution < -0.4 is 4.74 Å². The first-order valence-electron chi connectivity index (χ1n) is 12.6. The first kappa shape index (κ1) is 21.5. The van der Waals surface area contributed by atoms with E-state index in [1.165, 1.54) is 65.8 Å². The lowest BCUT2D eigenvalue weighted by Gasteiger charge is -2.29. The Morgan fingerprint density at radius 1 is 0.667 bits per heavy atom. The monoisotopic (exact) mass is 482 g/mol. The second kappa shape index (κ2) is 8.43. The van der Waals surface area contributed by atoms with Crippen molar-refractivity contribution in [1.82, 2.24) is 0 Å². The Balaban J connectivity index is 1.57. The van der Waals surface area contributed by atoms with Crippen molar-refractivity contribution in [3.63, 3.8) is 0 Å². The summed E-state index contributed by atoms with van der Waals surface area (Å²) < 4.78 is 6.49. The molecule has 0 fully saturated rings. The van der Waals surface area contributed by atoms with Gasteiger partial charge in [-0.25, -0.2) is 0 Å². The van der Waals surface area contributed by atoms with E-state index >= 15 is 0 Å². The zero-order valence-electron chi connectivity index (χ0n) is 20.5. The molecule has 0 amide bonds. The first-order valence-corrected chi connectivity index (χ1v) is 13.5. The lowest BCUT2D eigenvalue weighted by Crippen LogP contribution is -2.08. The van der Waals surface area contributed by atoms with E-state index in [-0.39, 0.29) is 0 Å². The zero-order valence-corrected chi connectivity index (χ0v) is 21.3.